The van der Waals surface area contributed by atoms with Crippen LogP contribution in [-0.2, 0) is 21.4 Å². The molecule has 2 aromatic rings. The van der Waals surface area contributed by atoms with Crippen LogP contribution in [0.15, 0.2) is 29.3 Å². The first-order valence-electron chi connectivity index (χ1n) is 10.6. The normalized spacial score (nSPS) is 21.2. The van der Waals surface area contributed by atoms with Crippen molar-refractivity contribution in [2.24, 2.45) is 18.9 Å². The second-order valence-corrected chi connectivity index (χ2v) is 8.35. The number of aromatic nitrogens is 3. The van der Waals surface area contributed by atoms with Gasteiger partial charge >= 0.3 is 5.97 Å². The summed E-state index contributed by atoms with van der Waals surface area (Å²) in [5, 5.41) is 0. The Hall–Kier alpha value is -3.30. The lowest BCUT2D eigenvalue weighted by molar-refractivity contribution is -0.140. The molecule has 1 saturated carbocycles. The molecule has 3 heterocycles. The van der Waals surface area contributed by atoms with E-state index in [0.717, 1.165) is 6.20 Å². The lowest BCUT2D eigenvalue weighted by Crippen LogP contribution is -2.38. The van der Waals surface area contributed by atoms with Crippen LogP contribution >= 0.6 is 0 Å². The third kappa shape index (κ3) is 4.09. The van der Waals surface area contributed by atoms with Gasteiger partial charge in [-0.3, -0.25) is 23.9 Å². The van der Waals surface area contributed by atoms with Gasteiger partial charge in [0.1, 0.15) is 0 Å². The average molecular weight is 443 g/mol. The van der Waals surface area contributed by atoms with Crippen molar-refractivity contribution in [1.82, 2.24) is 19.4 Å². The Balaban J connectivity index is 1.42. The summed E-state index contributed by atoms with van der Waals surface area (Å²) in [4.78, 5) is 48.3. The maximum absolute atomic E-state index is 14.2. The molecule has 0 bridgehead atoms. The molecule has 1 saturated heterocycles. The molecule has 2 aromatic heterocycles. The molecule has 0 spiro atoms. The highest BCUT2D eigenvalue weighted by Crippen LogP contribution is 2.49. The highest BCUT2D eigenvalue weighted by molar-refractivity contribution is 5.78. The quantitative estimate of drug-likeness (QED) is 0.594. The minimum Gasteiger partial charge on any atom is -0.469 e. The summed E-state index contributed by atoms with van der Waals surface area (Å²) in [6.45, 7) is 1.28. The summed E-state index contributed by atoms with van der Waals surface area (Å²) < 4.78 is 20.2. The van der Waals surface area contributed by atoms with Gasteiger partial charge in [-0.2, -0.15) is 0 Å². The van der Waals surface area contributed by atoms with Crippen LogP contribution in [-0.4, -0.2) is 64.6 Å². The third-order valence-electron chi connectivity index (χ3n) is 6.42. The van der Waals surface area contributed by atoms with Gasteiger partial charge in [0.15, 0.2) is 5.82 Å². The molecule has 0 N–H and O–H groups in total. The van der Waals surface area contributed by atoms with Gasteiger partial charge in [-0.15, -0.1) is 0 Å². The summed E-state index contributed by atoms with van der Waals surface area (Å²) in [6, 6.07) is 2.97. The Labute approximate surface area is 184 Å². The summed E-state index contributed by atoms with van der Waals surface area (Å²) in [7, 11) is 4.85. The van der Waals surface area contributed by atoms with E-state index in [4.69, 9.17) is 0 Å². The van der Waals surface area contributed by atoms with E-state index in [2.05, 4.69) is 14.7 Å². The number of likely N-dealkylation sites (tertiary alicyclic amines) is 1. The number of hydrogen-bond acceptors (Lipinski definition) is 7. The van der Waals surface area contributed by atoms with Gasteiger partial charge in [0.25, 0.3) is 5.56 Å². The highest BCUT2D eigenvalue weighted by atomic mass is 19.1. The van der Waals surface area contributed by atoms with Crippen molar-refractivity contribution in [2.45, 2.75) is 25.3 Å². The van der Waals surface area contributed by atoms with Crippen molar-refractivity contribution in [1.29, 1.82) is 0 Å². The molecule has 0 aromatic carbocycles. The molecule has 1 aliphatic heterocycles. The summed E-state index contributed by atoms with van der Waals surface area (Å²) in [6.07, 6.45) is 3.60. The van der Waals surface area contributed by atoms with E-state index < -0.39 is 5.82 Å². The minimum atomic E-state index is -0.536. The van der Waals surface area contributed by atoms with Crippen LogP contribution in [0.25, 0.3) is 11.3 Å². The van der Waals surface area contributed by atoms with Crippen molar-refractivity contribution in [3.63, 3.8) is 0 Å². The molecule has 170 valence electrons. The zero-order valence-corrected chi connectivity index (χ0v) is 18.3. The van der Waals surface area contributed by atoms with Crippen molar-refractivity contribution in [3.8, 4) is 11.3 Å². The highest BCUT2D eigenvalue weighted by Gasteiger charge is 2.59. The van der Waals surface area contributed by atoms with Crippen LogP contribution in [0.1, 0.15) is 19.3 Å². The van der Waals surface area contributed by atoms with Crippen molar-refractivity contribution in [2.75, 3.05) is 32.1 Å². The fourth-order valence-corrected chi connectivity index (χ4v) is 4.61. The van der Waals surface area contributed by atoms with Gasteiger partial charge in [-0.1, -0.05) is 0 Å². The third-order valence-corrected chi connectivity index (χ3v) is 6.42. The molecule has 32 heavy (non-hydrogen) atoms. The Bertz CT molecular complexity index is 1090. The summed E-state index contributed by atoms with van der Waals surface area (Å²) >= 11 is 0. The Morgan fingerprint density at radius 1 is 1.28 bits per heavy atom. The number of fused-ring (bicyclic) bond motifs is 1. The lowest BCUT2D eigenvalue weighted by Gasteiger charge is -2.26. The molecule has 0 radical (unpaired) electrons. The van der Waals surface area contributed by atoms with E-state index in [0.29, 0.717) is 43.7 Å². The molecule has 9 nitrogen and oxygen atoms in total. The van der Waals surface area contributed by atoms with E-state index in [1.807, 2.05) is 16.8 Å². The van der Waals surface area contributed by atoms with Crippen molar-refractivity contribution in [3.05, 3.63) is 40.7 Å². The Morgan fingerprint density at radius 3 is 2.66 bits per heavy atom. The number of piperidine rings is 1. The average Bonchev–Trinajstić information content (AvgIpc) is 3.27. The van der Waals surface area contributed by atoms with Gasteiger partial charge in [0.05, 0.1) is 19.0 Å². The topological polar surface area (TPSA) is 97.6 Å². The number of ether oxygens (including phenoxy) is 1. The number of carbonyl (C=O) groups is 2. The number of carbonyl (C=O) groups excluding carboxylic acids is 2. The van der Waals surface area contributed by atoms with Crippen LogP contribution < -0.4 is 10.5 Å². The monoisotopic (exact) mass is 443 g/mol. The molecule has 10 heteroatoms. The number of methoxy groups -OCH3 is 1. The van der Waals surface area contributed by atoms with E-state index in [-0.39, 0.29) is 41.2 Å². The second kappa shape index (κ2) is 8.68. The number of hydrogen-bond donors (Lipinski definition) is 0. The minimum absolute atomic E-state index is 0.0446. The largest absolute Gasteiger partial charge is 0.469 e. The zero-order valence-electron chi connectivity index (χ0n) is 18.3. The summed E-state index contributed by atoms with van der Waals surface area (Å²) in [5.74, 6) is 0.245. The number of amides is 1. The van der Waals surface area contributed by atoms with E-state index >= 15 is 0 Å². The molecular weight excluding hydrogens is 417 g/mol. The fraction of sp³-hybridized carbons (Fsp3) is 0.500. The zero-order chi connectivity index (χ0) is 23.0. The molecular formula is C22H26FN5O4. The SMILES string of the molecule is COC(=O)CCCC(=O)N1C[C@@H]2C(N(C)c3nc(-c4ccncc4F)cc(=O)n3C)[C@@H]2C1. The van der Waals surface area contributed by atoms with Gasteiger partial charge in [-0.05, 0) is 12.5 Å². The van der Waals surface area contributed by atoms with Gasteiger partial charge in [0.2, 0.25) is 11.9 Å². The Kier molecular flexibility index (Phi) is 5.94. The number of anilines is 1. The van der Waals surface area contributed by atoms with E-state index in [1.54, 1.807) is 7.05 Å². The maximum Gasteiger partial charge on any atom is 0.305 e. The standard InChI is InChI=1S/C22H26FN5O4/c1-26-19(30)9-17(13-7-8-24-10-16(13)23)25-22(26)27(2)21-14-11-28(12-15(14)21)18(29)5-4-6-20(31)32-3/h7-10,14-15,21H,4-6,11-12H2,1-3H3/t14-,15+,21?. The second-order valence-electron chi connectivity index (χ2n) is 8.35. The molecule has 2 aliphatic rings. The predicted octanol–water partition coefficient (Wildman–Crippen LogP) is 1.22. The van der Waals surface area contributed by atoms with Crippen LogP contribution in [0.2, 0.25) is 0 Å². The molecule has 2 fully saturated rings. The van der Waals surface area contributed by atoms with Crippen molar-refractivity contribution >= 4 is 17.8 Å². The number of nitrogens with zero attached hydrogens (tertiary/aromatic N) is 5. The Morgan fingerprint density at radius 2 is 2.00 bits per heavy atom. The fourth-order valence-electron chi connectivity index (χ4n) is 4.61. The molecule has 4 rings (SSSR count). The number of esters is 1. The summed E-state index contributed by atoms with van der Waals surface area (Å²) in [5.41, 5.74) is 0.219. The lowest BCUT2D eigenvalue weighted by atomic mass is 10.2. The maximum atomic E-state index is 14.2. The van der Waals surface area contributed by atoms with Crippen LogP contribution in [0.5, 0.6) is 0 Å². The van der Waals surface area contributed by atoms with E-state index in [1.165, 1.54) is 30.0 Å². The number of pyridine rings is 1. The molecule has 1 aliphatic carbocycles. The van der Waals surface area contributed by atoms with Crippen LogP contribution in [0.4, 0.5) is 10.3 Å². The first-order valence-corrected chi connectivity index (χ1v) is 10.6. The predicted molar refractivity (Wildman–Crippen MR) is 114 cm³/mol. The smallest absolute Gasteiger partial charge is 0.305 e. The van der Waals surface area contributed by atoms with Gasteiger partial charge < -0.3 is 14.5 Å². The molecule has 3 atom stereocenters. The van der Waals surface area contributed by atoms with Gasteiger partial charge in [0, 0.05) is 75.7 Å². The number of halogens is 1. The first kappa shape index (κ1) is 21.9. The van der Waals surface area contributed by atoms with Gasteiger partial charge in [-0.25, -0.2) is 9.37 Å². The van der Waals surface area contributed by atoms with Crippen LogP contribution in [0.3, 0.4) is 0 Å². The number of rotatable bonds is 7. The molecule has 1 unspecified atom stereocenters. The van der Waals surface area contributed by atoms with Crippen LogP contribution in [0, 0.1) is 17.7 Å². The van der Waals surface area contributed by atoms with E-state index in [9.17, 15) is 18.8 Å². The molecule has 1 amide bonds. The first-order chi connectivity index (χ1) is 15.3. The van der Waals surface area contributed by atoms with Crippen molar-refractivity contribution < 1.29 is 18.7 Å².